The number of amides is 3. The van der Waals surface area contributed by atoms with E-state index in [0.717, 1.165) is 51.4 Å². The molecule has 4 fully saturated rings. The minimum Gasteiger partial charge on any atom is -0.394 e. The average Bonchev–Trinajstić information content (AvgIpc) is 3.61. The second kappa shape index (κ2) is 22.0. The molecule has 4 aliphatic rings. The molecule has 3 amide bonds. The van der Waals surface area contributed by atoms with E-state index in [-0.39, 0.29) is 80.1 Å². The van der Waals surface area contributed by atoms with Crippen molar-refractivity contribution in [3.63, 3.8) is 0 Å². The zero-order valence-corrected chi connectivity index (χ0v) is 35.5. The lowest BCUT2D eigenvalue weighted by Gasteiger charge is -2.62. The molecule has 0 spiro atoms. The van der Waals surface area contributed by atoms with E-state index < -0.39 is 80.0 Å². The number of nitrogens with zero attached hydrogens (tertiary/aromatic N) is 1. The van der Waals surface area contributed by atoms with E-state index in [2.05, 4.69) is 31.4 Å². The first-order valence-corrected chi connectivity index (χ1v) is 22.1. The highest BCUT2D eigenvalue weighted by Crippen LogP contribution is 2.68. The van der Waals surface area contributed by atoms with Crippen molar-refractivity contribution in [2.45, 2.75) is 159 Å². The predicted molar refractivity (Wildman–Crippen MR) is 215 cm³/mol. The lowest BCUT2D eigenvalue weighted by molar-refractivity contribution is -0.175. The molecule has 0 saturated heterocycles. The van der Waals surface area contributed by atoms with E-state index in [9.17, 15) is 65.4 Å². The first-order valence-electron chi connectivity index (χ1n) is 22.1. The van der Waals surface area contributed by atoms with E-state index in [1.54, 1.807) is 4.90 Å². The molecule has 18 atom stereocenters. The monoisotopic (exact) mass is 862 g/mol. The molecule has 0 bridgehead atoms. The van der Waals surface area contributed by atoms with Gasteiger partial charge in [0.15, 0.2) is 12.2 Å². The Kier molecular flexibility index (Phi) is 18.6. The number of nitrogens with one attached hydrogen (secondary N) is 2. The van der Waals surface area contributed by atoms with Crippen LogP contribution < -0.4 is 10.6 Å². The third-order valence-corrected chi connectivity index (χ3v) is 15.5. The number of hydrogen-bond donors (Lipinski definition) is 14. The number of rotatable bonds is 22. The highest BCUT2D eigenvalue weighted by atomic mass is 16.4. The lowest BCUT2D eigenvalue weighted by Crippen LogP contribution is -2.58. The molecule has 4 rings (SSSR count). The van der Waals surface area contributed by atoms with E-state index in [1.165, 1.54) is 0 Å². The van der Waals surface area contributed by atoms with Gasteiger partial charge in [0.2, 0.25) is 5.91 Å². The van der Waals surface area contributed by atoms with Crippen molar-refractivity contribution >= 4 is 17.7 Å². The SMILES string of the molecule is C[C@H](CCC(=O)N(CCCNC(=O)[C@H](O)[C@@H](O)[C@H](O)[C@H](O)CO)CCCNC(=O)[C@H](O)[C@@H](O)[C@H](O)[C@H](O)CO)[C@H]1CC[C@@H]2[C@H]3CC[C@@H]4C[C@H](O)CC[C@]4(C)[C@@H]3C[C@H](O)[C@@]21C. The molecular formula is C42H75N3O15. The van der Waals surface area contributed by atoms with Gasteiger partial charge in [-0.25, -0.2) is 0 Å². The third kappa shape index (κ3) is 11.2. The van der Waals surface area contributed by atoms with Gasteiger partial charge in [0.1, 0.15) is 36.6 Å². The second-order valence-electron chi connectivity index (χ2n) is 18.9. The first-order chi connectivity index (χ1) is 28.2. The summed E-state index contributed by atoms with van der Waals surface area (Å²) in [6.07, 6.45) is -7.85. The number of aliphatic hydroxyl groups excluding tert-OH is 12. The maximum Gasteiger partial charge on any atom is 0.251 e. The fraction of sp³-hybridized carbons (Fsp3) is 0.929. The molecule has 0 aromatic carbocycles. The Labute approximate surface area is 353 Å². The number of hydrogen-bond acceptors (Lipinski definition) is 15. The summed E-state index contributed by atoms with van der Waals surface area (Å²) in [5.41, 5.74) is -0.164. The Hall–Kier alpha value is -2.07. The number of carbonyl (C=O) groups excluding carboxylic acids is 3. The molecule has 60 heavy (non-hydrogen) atoms. The van der Waals surface area contributed by atoms with Crippen LogP contribution in [0, 0.1) is 46.3 Å². The highest BCUT2D eigenvalue weighted by Gasteiger charge is 2.63. The van der Waals surface area contributed by atoms with Gasteiger partial charge in [0.25, 0.3) is 11.8 Å². The Bertz CT molecular complexity index is 1350. The quantitative estimate of drug-likeness (QED) is 0.0486. The van der Waals surface area contributed by atoms with Crippen LogP contribution in [0.25, 0.3) is 0 Å². The molecule has 0 aromatic rings. The first kappa shape index (κ1) is 50.6. The van der Waals surface area contributed by atoms with Gasteiger partial charge in [0, 0.05) is 32.6 Å². The smallest absolute Gasteiger partial charge is 0.251 e. The van der Waals surface area contributed by atoms with Crippen molar-refractivity contribution in [3.8, 4) is 0 Å². The normalized spacial score (nSPS) is 34.6. The van der Waals surface area contributed by atoms with Crippen molar-refractivity contribution in [3.05, 3.63) is 0 Å². The predicted octanol–water partition coefficient (Wildman–Crippen LogP) is -2.89. The van der Waals surface area contributed by atoms with Gasteiger partial charge < -0.3 is 76.8 Å². The topological polar surface area (TPSA) is 321 Å². The summed E-state index contributed by atoms with van der Waals surface area (Å²) < 4.78 is 0. The molecular weight excluding hydrogens is 786 g/mol. The maximum atomic E-state index is 13.8. The average molecular weight is 862 g/mol. The molecule has 18 nitrogen and oxygen atoms in total. The molecule has 0 radical (unpaired) electrons. The molecule has 14 N–H and O–H groups in total. The van der Waals surface area contributed by atoms with Gasteiger partial charge in [-0.2, -0.15) is 0 Å². The number of aliphatic hydroxyl groups is 12. The van der Waals surface area contributed by atoms with Gasteiger partial charge in [-0.05, 0) is 117 Å². The van der Waals surface area contributed by atoms with Crippen molar-refractivity contribution in [1.29, 1.82) is 0 Å². The second-order valence-corrected chi connectivity index (χ2v) is 18.9. The van der Waals surface area contributed by atoms with E-state index in [4.69, 9.17) is 10.2 Å². The van der Waals surface area contributed by atoms with Crippen LogP contribution in [0.2, 0.25) is 0 Å². The third-order valence-electron chi connectivity index (χ3n) is 15.5. The van der Waals surface area contributed by atoms with Crippen LogP contribution in [0.4, 0.5) is 0 Å². The Balaban J connectivity index is 1.35. The number of carbonyl (C=O) groups is 3. The van der Waals surface area contributed by atoms with Crippen LogP contribution in [0.3, 0.4) is 0 Å². The van der Waals surface area contributed by atoms with Crippen LogP contribution in [0.1, 0.15) is 97.8 Å². The summed E-state index contributed by atoms with van der Waals surface area (Å²) in [7, 11) is 0. The highest BCUT2D eigenvalue weighted by molar-refractivity contribution is 5.81. The largest absolute Gasteiger partial charge is 0.394 e. The Morgan fingerprint density at radius 3 is 1.75 bits per heavy atom. The molecule has 18 heteroatoms. The maximum absolute atomic E-state index is 13.8. The van der Waals surface area contributed by atoms with E-state index >= 15 is 0 Å². The minimum absolute atomic E-state index is 0.0491. The van der Waals surface area contributed by atoms with Gasteiger partial charge in [-0.15, -0.1) is 0 Å². The molecule has 0 unspecified atom stereocenters. The molecule has 0 aliphatic heterocycles. The fourth-order valence-corrected chi connectivity index (χ4v) is 11.8. The van der Waals surface area contributed by atoms with Crippen LogP contribution in [0.5, 0.6) is 0 Å². The van der Waals surface area contributed by atoms with Crippen molar-refractivity contribution < 1.29 is 75.7 Å². The summed E-state index contributed by atoms with van der Waals surface area (Å²) in [4.78, 5) is 40.3. The van der Waals surface area contributed by atoms with Gasteiger partial charge >= 0.3 is 0 Å². The fourth-order valence-electron chi connectivity index (χ4n) is 11.8. The van der Waals surface area contributed by atoms with Crippen molar-refractivity contribution in [2.75, 3.05) is 39.4 Å². The lowest BCUT2D eigenvalue weighted by atomic mass is 9.43. The summed E-state index contributed by atoms with van der Waals surface area (Å²) in [6.45, 7) is 5.15. The molecule has 0 heterocycles. The summed E-state index contributed by atoms with van der Waals surface area (Å²) >= 11 is 0. The zero-order chi connectivity index (χ0) is 44.7. The number of fused-ring (bicyclic) bond motifs is 5. The van der Waals surface area contributed by atoms with Crippen LogP contribution in [-0.2, 0) is 14.4 Å². The van der Waals surface area contributed by atoms with Gasteiger partial charge in [-0.1, -0.05) is 20.8 Å². The zero-order valence-electron chi connectivity index (χ0n) is 35.5. The molecule has 4 saturated carbocycles. The van der Waals surface area contributed by atoms with Crippen molar-refractivity contribution in [1.82, 2.24) is 15.5 Å². The van der Waals surface area contributed by atoms with Crippen LogP contribution >= 0.6 is 0 Å². The molecule has 4 aliphatic carbocycles. The molecule has 0 aromatic heterocycles. The standard InChI is InChI=1S/C42H75N3O15/c1-22(26-9-10-27-25-8-7-23-18-24(48)12-13-41(23,2)28(25)19-31(51)42(26,27)3)6-11-32(52)45(16-4-14-43-39(59)37(57)35(55)33(53)29(49)20-46)17-5-15-44-40(60)38(58)36(56)34(54)30(50)21-47/h22-31,33-38,46-51,53-58H,4-21H2,1-3H3,(H,43,59)(H,44,60)/t22-,23-,24-,25-,26-,27-,28-,29-,30-,31+,33-,34-,35+,36+,37-,38-,41+,42-/m1/s1. The van der Waals surface area contributed by atoms with Gasteiger partial charge in [0.05, 0.1) is 25.4 Å². The van der Waals surface area contributed by atoms with Crippen molar-refractivity contribution in [2.24, 2.45) is 46.3 Å². The summed E-state index contributed by atoms with van der Waals surface area (Å²) in [5.74, 6) is -0.145. The van der Waals surface area contributed by atoms with Gasteiger partial charge in [-0.3, -0.25) is 14.4 Å². The van der Waals surface area contributed by atoms with Crippen LogP contribution in [-0.4, -0.2) is 184 Å². The summed E-state index contributed by atoms with van der Waals surface area (Å²) in [6, 6.07) is 0. The summed E-state index contributed by atoms with van der Waals surface area (Å²) in [5, 5.41) is 124. The minimum atomic E-state index is -2.11. The van der Waals surface area contributed by atoms with E-state index in [0.29, 0.717) is 30.1 Å². The van der Waals surface area contributed by atoms with Crippen LogP contribution in [0.15, 0.2) is 0 Å². The Morgan fingerprint density at radius 2 is 1.23 bits per heavy atom. The Morgan fingerprint density at radius 1 is 0.700 bits per heavy atom. The van der Waals surface area contributed by atoms with E-state index in [1.807, 2.05) is 0 Å². The molecule has 348 valence electrons.